The van der Waals surface area contributed by atoms with Gasteiger partial charge in [-0.25, -0.2) is 0 Å². The smallest absolute Gasteiger partial charge is 0.305 e. The molecule has 2 N–H and O–H groups in total. The van der Waals surface area contributed by atoms with Crippen LogP contribution in [0.3, 0.4) is 0 Å². The number of anilines is 1. The van der Waals surface area contributed by atoms with E-state index in [4.69, 9.17) is 5.11 Å². The minimum absolute atomic E-state index is 0.124. The van der Waals surface area contributed by atoms with Crippen molar-refractivity contribution >= 4 is 11.7 Å². The van der Waals surface area contributed by atoms with Crippen LogP contribution in [0.25, 0.3) is 0 Å². The number of pyridine rings is 1. The molecule has 0 aliphatic rings. The predicted molar refractivity (Wildman–Crippen MR) is 59.1 cm³/mol. The second-order valence-corrected chi connectivity index (χ2v) is 3.69. The van der Waals surface area contributed by atoms with Gasteiger partial charge in [0.2, 0.25) is 0 Å². The van der Waals surface area contributed by atoms with Crippen LogP contribution in [0.2, 0.25) is 0 Å². The first kappa shape index (κ1) is 11.5. The molecule has 0 unspecified atom stereocenters. The molecule has 0 fully saturated rings. The summed E-state index contributed by atoms with van der Waals surface area (Å²) in [6, 6.07) is 3.79. The number of nitrogens with zero attached hydrogens (tertiary/aromatic N) is 1. The van der Waals surface area contributed by atoms with Crippen LogP contribution in [0.4, 0.5) is 5.69 Å². The van der Waals surface area contributed by atoms with E-state index in [1.54, 1.807) is 6.20 Å². The molecular formula is C11H16N2O2. The highest BCUT2D eigenvalue weighted by molar-refractivity contribution is 5.67. The van der Waals surface area contributed by atoms with Crippen LogP contribution < -0.4 is 5.32 Å². The van der Waals surface area contributed by atoms with Gasteiger partial charge in [0.1, 0.15) is 0 Å². The Kier molecular flexibility index (Phi) is 4.09. The summed E-state index contributed by atoms with van der Waals surface area (Å²) in [5, 5.41) is 11.5. The molecule has 1 aromatic heterocycles. The SMILES string of the molecule is CC(C)c1cc(NCCC(=O)O)ccn1. The third-order valence-corrected chi connectivity index (χ3v) is 2.04. The zero-order valence-corrected chi connectivity index (χ0v) is 9.03. The fourth-order valence-corrected chi connectivity index (χ4v) is 1.19. The summed E-state index contributed by atoms with van der Waals surface area (Å²) in [7, 11) is 0. The number of nitrogens with one attached hydrogen (secondary N) is 1. The Hall–Kier alpha value is -1.58. The summed E-state index contributed by atoms with van der Waals surface area (Å²) >= 11 is 0. The molecule has 0 aliphatic carbocycles. The molecule has 1 heterocycles. The first-order valence-electron chi connectivity index (χ1n) is 5.01. The fourth-order valence-electron chi connectivity index (χ4n) is 1.19. The normalized spacial score (nSPS) is 10.3. The van der Waals surface area contributed by atoms with Gasteiger partial charge < -0.3 is 10.4 Å². The van der Waals surface area contributed by atoms with Gasteiger partial charge in [-0.1, -0.05) is 13.8 Å². The van der Waals surface area contributed by atoms with Crippen molar-refractivity contribution < 1.29 is 9.90 Å². The van der Waals surface area contributed by atoms with E-state index in [2.05, 4.69) is 24.1 Å². The fraction of sp³-hybridized carbons (Fsp3) is 0.455. The third-order valence-electron chi connectivity index (χ3n) is 2.04. The standard InChI is InChI=1S/C11H16N2O2/c1-8(2)10-7-9(3-5-13-10)12-6-4-11(14)15/h3,5,7-8H,4,6H2,1-2H3,(H,12,13)(H,14,15). The van der Waals surface area contributed by atoms with Crippen LogP contribution in [0.1, 0.15) is 31.9 Å². The topological polar surface area (TPSA) is 62.2 Å². The summed E-state index contributed by atoms with van der Waals surface area (Å²) in [6.07, 6.45) is 1.86. The largest absolute Gasteiger partial charge is 0.481 e. The lowest BCUT2D eigenvalue weighted by molar-refractivity contribution is -0.136. The Balaban J connectivity index is 2.54. The van der Waals surface area contributed by atoms with Gasteiger partial charge in [0.05, 0.1) is 6.42 Å². The zero-order valence-electron chi connectivity index (χ0n) is 9.03. The zero-order chi connectivity index (χ0) is 11.3. The van der Waals surface area contributed by atoms with Crippen molar-refractivity contribution in [2.75, 3.05) is 11.9 Å². The molecule has 0 spiro atoms. The van der Waals surface area contributed by atoms with E-state index in [1.807, 2.05) is 12.1 Å². The second kappa shape index (κ2) is 5.34. The van der Waals surface area contributed by atoms with E-state index < -0.39 is 5.97 Å². The lowest BCUT2D eigenvalue weighted by atomic mass is 10.1. The predicted octanol–water partition coefficient (Wildman–Crippen LogP) is 2.09. The van der Waals surface area contributed by atoms with E-state index in [1.165, 1.54) is 0 Å². The summed E-state index contributed by atoms with van der Waals surface area (Å²) in [4.78, 5) is 14.5. The van der Waals surface area contributed by atoms with Crippen molar-refractivity contribution in [3.05, 3.63) is 24.0 Å². The summed E-state index contributed by atoms with van der Waals surface area (Å²) < 4.78 is 0. The highest BCUT2D eigenvalue weighted by atomic mass is 16.4. The van der Waals surface area contributed by atoms with E-state index >= 15 is 0 Å². The van der Waals surface area contributed by atoms with E-state index in [0.29, 0.717) is 12.5 Å². The minimum Gasteiger partial charge on any atom is -0.481 e. The van der Waals surface area contributed by atoms with Gasteiger partial charge in [-0.05, 0) is 18.1 Å². The Morgan fingerprint density at radius 2 is 2.33 bits per heavy atom. The van der Waals surface area contributed by atoms with Crippen LogP contribution in [0, 0.1) is 0 Å². The molecule has 0 aromatic carbocycles. The average molecular weight is 208 g/mol. The van der Waals surface area contributed by atoms with Gasteiger partial charge in [0.25, 0.3) is 0 Å². The maximum absolute atomic E-state index is 10.3. The summed E-state index contributed by atoms with van der Waals surface area (Å²) in [5.74, 6) is -0.410. The van der Waals surface area contributed by atoms with Crippen molar-refractivity contribution in [1.82, 2.24) is 4.98 Å². The maximum atomic E-state index is 10.3. The summed E-state index contributed by atoms with van der Waals surface area (Å²) in [5.41, 5.74) is 1.94. The molecule has 0 atom stereocenters. The average Bonchev–Trinajstić information content (AvgIpc) is 2.17. The lowest BCUT2D eigenvalue weighted by Gasteiger charge is -2.08. The molecule has 15 heavy (non-hydrogen) atoms. The molecule has 0 bridgehead atoms. The van der Waals surface area contributed by atoms with Gasteiger partial charge in [-0.2, -0.15) is 0 Å². The molecule has 4 nitrogen and oxygen atoms in total. The van der Waals surface area contributed by atoms with Crippen molar-refractivity contribution in [3.63, 3.8) is 0 Å². The molecule has 0 aliphatic heterocycles. The number of carbonyl (C=O) groups is 1. The van der Waals surface area contributed by atoms with Crippen molar-refractivity contribution in [1.29, 1.82) is 0 Å². The van der Waals surface area contributed by atoms with Gasteiger partial charge in [-0.15, -0.1) is 0 Å². The lowest BCUT2D eigenvalue weighted by Crippen LogP contribution is -2.08. The van der Waals surface area contributed by atoms with E-state index in [0.717, 1.165) is 11.4 Å². The molecule has 82 valence electrons. The number of hydrogen-bond donors (Lipinski definition) is 2. The van der Waals surface area contributed by atoms with Gasteiger partial charge >= 0.3 is 5.97 Å². The third kappa shape index (κ3) is 3.97. The Morgan fingerprint density at radius 3 is 2.93 bits per heavy atom. The Bertz CT molecular complexity index is 337. The molecule has 0 amide bonds. The monoisotopic (exact) mass is 208 g/mol. The molecule has 0 saturated heterocycles. The number of aliphatic carboxylic acids is 1. The molecular weight excluding hydrogens is 192 g/mol. The Morgan fingerprint density at radius 1 is 1.60 bits per heavy atom. The molecule has 1 aromatic rings. The quantitative estimate of drug-likeness (QED) is 0.777. The Labute approximate surface area is 89.3 Å². The number of rotatable bonds is 5. The molecule has 0 saturated carbocycles. The number of carboxylic acids is 1. The van der Waals surface area contributed by atoms with Crippen LogP contribution in [0.5, 0.6) is 0 Å². The van der Waals surface area contributed by atoms with Crippen LogP contribution in [-0.2, 0) is 4.79 Å². The molecule has 0 radical (unpaired) electrons. The highest BCUT2D eigenvalue weighted by Gasteiger charge is 2.02. The van der Waals surface area contributed by atoms with Gasteiger partial charge in [-0.3, -0.25) is 9.78 Å². The highest BCUT2D eigenvalue weighted by Crippen LogP contribution is 2.15. The first-order chi connectivity index (χ1) is 7.09. The second-order valence-electron chi connectivity index (χ2n) is 3.69. The maximum Gasteiger partial charge on any atom is 0.305 e. The van der Waals surface area contributed by atoms with Crippen LogP contribution >= 0.6 is 0 Å². The van der Waals surface area contributed by atoms with E-state index in [9.17, 15) is 4.79 Å². The first-order valence-corrected chi connectivity index (χ1v) is 5.01. The van der Waals surface area contributed by atoms with Crippen molar-refractivity contribution in [3.8, 4) is 0 Å². The van der Waals surface area contributed by atoms with Crippen LogP contribution in [-0.4, -0.2) is 22.6 Å². The van der Waals surface area contributed by atoms with Gasteiger partial charge in [0.15, 0.2) is 0 Å². The van der Waals surface area contributed by atoms with Gasteiger partial charge in [0, 0.05) is 24.1 Å². The van der Waals surface area contributed by atoms with E-state index in [-0.39, 0.29) is 6.42 Å². The molecule has 4 heteroatoms. The summed E-state index contributed by atoms with van der Waals surface area (Å²) in [6.45, 7) is 4.59. The number of hydrogen-bond acceptors (Lipinski definition) is 3. The van der Waals surface area contributed by atoms with Crippen molar-refractivity contribution in [2.45, 2.75) is 26.2 Å². The molecule has 1 rings (SSSR count). The van der Waals surface area contributed by atoms with Crippen molar-refractivity contribution in [2.24, 2.45) is 0 Å². The van der Waals surface area contributed by atoms with Crippen LogP contribution in [0.15, 0.2) is 18.3 Å². The number of carboxylic acid groups (broad SMARTS) is 1. The minimum atomic E-state index is -0.791. The number of aromatic nitrogens is 1.